The van der Waals surface area contributed by atoms with E-state index in [4.69, 9.17) is 4.74 Å². The lowest BCUT2D eigenvalue weighted by Gasteiger charge is -2.19. The lowest BCUT2D eigenvalue weighted by molar-refractivity contribution is 0.0535. The Morgan fingerprint density at radius 3 is 2.62 bits per heavy atom. The molecule has 0 unspecified atom stereocenters. The molecule has 0 aliphatic heterocycles. The average Bonchev–Trinajstić information content (AvgIpc) is 2.42. The standard InChI is InChI=1S/C18H19NO2/c1-18(2,3)21-17(20)19-13-7-11-15-10-6-9-14-8-4-5-12-16(14)15/h4-6,8-10,12H,13H2,1-3H3,(H,19,20). The van der Waals surface area contributed by atoms with Crippen LogP contribution in [0.3, 0.4) is 0 Å². The summed E-state index contributed by atoms with van der Waals surface area (Å²) in [6.07, 6.45) is -0.449. The molecule has 0 spiro atoms. The first-order chi connectivity index (χ1) is 9.96. The zero-order valence-electron chi connectivity index (χ0n) is 12.6. The molecule has 0 atom stereocenters. The van der Waals surface area contributed by atoms with Gasteiger partial charge in [0.25, 0.3) is 0 Å². The monoisotopic (exact) mass is 281 g/mol. The molecule has 108 valence electrons. The van der Waals surface area contributed by atoms with Crippen molar-refractivity contribution in [2.75, 3.05) is 6.54 Å². The van der Waals surface area contributed by atoms with Crippen LogP contribution in [0.4, 0.5) is 4.79 Å². The van der Waals surface area contributed by atoms with Crippen LogP contribution < -0.4 is 5.32 Å². The van der Waals surface area contributed by atoms with Gasteiger partial charge in [0.1, 0.15) is 5.60 Å². The molecule has 0 aliphatic carbocycles. The summed E-state index contributed by atoms with van der Waals surface area (Å²) >= 11 is 0. The van der Waals surface area contributed by atoms with Crippen LogP contribution in [0.15, 0.2) is 42.5 Å². The molecule has 0 aliphatic rings. The van der Waals surface area contributed by atoms with Gasteiger partial charge >= 0.3 is 6.09 Å². The van der Waals surface area contributed by atoms with Crippen molar-refractivity contribution in [2.45, 2.75) is 26.4 Å². The highest BCUT2D eigenvalue weighted by Gasteiger charge is 2.14. The van der Waals surface area contributed by atoms with Gasteiger partial charge in [-0.3, -0.25) is 0 Å². The first-order valence-corrected chi connectivity index (χ1v) is 6.89. The van der Waals surface area contributed by atoms with E-state index in [0.717, 1.165) is 16.3 Å². The van der Waals surface area contributed by atoms with Crippen LogP contribution in [0.2, 0.25) is 0 Å². The molecule has 2 aromatic rings. The topological polar surface area (TPSA) is 38.3 Å². The predicted octanol–water partition coefficient (Wildman–Crippen LogP) is 3.72. The second-order valence-electron chi connectivity index (χ2n) is 5.68. The van der Waals surface area contributed by atoms with Crippen LogP contribution >= 0.6 is 0 Å². The van der Waals surface area contributed by atoms with Crippen LogP contribution in [0.5, 0.6) is 0 Å². The normalized spacial score (nSPS) is 10.6. The Morgan fingerprint density at radius 2 is 1.86 bits per heavy atom. The first-order valence-electron chi connectivity index (χ1n) is 6.89. The number of alkyl carbamates (subject to hydrolysis) is 1. The van der Waals surface area contributed by atoms with Crippen molar-refractivity contribution in [2.24, 2.45) is 0 Å². The molecule has 0 radical (unpaired) electrons. The third-order valence-electron chi connectivity index (χ3n) is 2.73. The van der Waals surface area contributed by atoms with E-state index in [9.17, 15) is 4.79 Å². The highest BCUT2D eigenvalue weighted by atomic mass is 16.6. The molecule has 1 N–H and O–H groups in total. The van der Waals surface area contributed by atoms with Crippen LogP contribution in [-0.4, -0.2) is 18.2 Å². The van der Waals surface area contributed by atoms with Crippen LogP contribution in [0.25, 0.3) is 10.8 Å². The molecule has 2 rings (SSSR count). The molecule has 0 heterocycles. The van der Waals surface area contributed by atoms with Crippen LogP contribution in [0, 0.1) is 11.8 Å². The summed E-state index contributed by atoms with van der Waals surface area (Å²) in [6, 6.07) is 14.1. The third-order valence-corrected chi connectivity index (χ3v) is 2.73. The zero-order chi connectivity index (χ0) is 15.3. The molecule has 2 aromatic carbocycles. The van der Waals surface area contributed by atoms with Gasteiger partial charge in [0, 0.05) is 5.56 Å². The van der Waals surface area contributed by atoms with E-state index in [1.54, 1.807) is 0 Å². The zero-order valence-corrected chi connectivity index (χ0v) is 12.6. The Hall–Kier alpha value is -2.47. The van der Waals surface area contributed by atoms with Gasteiger partial charge in [-0.25, -0.2) is 4.79 Å². The summed E-state index contributed by atoms with van der Waals surface area (Å²) in [7, 11) is 0. The SMILES string of the molecule is CC(C)(C)OC(=O)NCC#Cc1cccc2ccccc12. The van der Waals surface area contributed by atoms with Gasteiger partial charge in [-0.05, 0) is 37.6 Å². The van der Waals surface area contributed by atoms with Crippen molar-refractivity contribution in [3.63, 3.8) is 0 Å². The molecular weight excluding hydrogens is 262 g/mol. The molecule has 1 amide bonds. The number of carbonyl (C=O) groups is 1. The molecular formula is C18H19NO2. The number of carbonyl (C=O) groups excluding carboxylic acids is 1. The van der Waals surface area contributed by atoms with Gasteiger partial charge in [0.05, 0.1) is 6.54 Å². The Labute approximate surface area is 125 Å². The highest BCUT2D eigenvalue weighted by Crippen LogP contribution is 2.17. The summed E-state index contributed by atoms with van der Waals surface area (Å²) in [6.45, 7) is 5.75. The Kier molecular flexibility index (Phi) is 4.49. The summed E-state index contributed by atoms with van der Waals surface area (Å²) in [5, 5.41) is 4.90. The Balaban J connectivity index is 2.01. The number of ether oxygens (including phenoxy) is 1. The number of fused-ring (bicyclic) bond motifs is 1. The summed E-state index contributed by atoms with van der Waals surface area (Å²) in [5.41, 5.74) is 0.465. The average molecular weight is 281 g/mol. The van der Waals surface area contributed by atoms with Gasteiger partial charge in [-0.2, -0.15) is 0 Å². The van der Waals surface area contributed by atoms with E-state index in [1.807, 2.05) is 51.1 Å². The van der Waals surface area contributed by atoms with E-state index in [-0.39, 0.29) is 6.54 Å². The summed E-state index contributed by atoms with van der Waals surface area (Å²) in [4.78, 5) is 11.5. The van der Waals surface area contributed by atoms with Crippen molar-refractivity contribution < 1.29 is 9.53 Å². The fraction of sp³-hybridized carbons (Fsp3) is 0.278. The van der Waals surface area contributed by atoms with Gasteiger partial charge < -0.3 is 10.1 Å². The lowest BCUT2D eigenvalue weighted by Crippen LogP contribution is -2.32. The molecule has 3 nitrogen and oxygen atoms in total. The number of benzene rings is 2. The van der Waals surface area contributed by atoms with Gasteiger partial charge in [-0.15, -0.1) is 0 Å². The van der Waals surface area contributed by atoms with Crippen molar-refractivity contribution >= 4 is 16.9 Å². The number of hydrogen-bond acceptors (Lipinski definition) is 2. The van der Waals surface area contributed by atoms with Crippen molar-refractivity contribution in [1.82, 2.24) is 5.32 Å². The van der Waals surface area contributed by atoms with Crippen molar-refractivity contribution in [3.8, 4) is 11.8 Å². The van der Waals surface area contributed by atoms with E-state index in [0.29, 0.717) is 0 Å². The Morgan fingerprint density at radius 1 is 1.14 bits per heavy atom. The summed E-state index contributed by atoms with van der Waals surface area (Å²) < 4.78 is 5.14. The smallest absolute Gasteiger partial charge is 0.408 e. The maximum absolute atomic E-state index is 11.5. The Bertz CT molecular complexity index is 697. The number of hydrogen-bond donors (Lipinski definition) is 1. The fourth-order valence-electron chi connectivity index (χ4n) is 1.90. The largest absolute Gasteiger partial charge is 0.444 e. The van der Waals surface area contributed by atoms with Crippen molar-refractivity contribution in [1.29, 1.82) is 0 Å². The molecule has 3 heteroatoms. The van der Waals surface area contributed by atoms with E-state index < -0.39 is 11.7 Å². The number of rotatable bonds is 1. The van der Waals surface area contributed by atoms with Gasteiger partial charge in [0.15, 0.2) is 0 Å². The minimum Gasteiger partial charge on any atom is -0.444 e. The lowest BCUT2D eigenvalue weighted by atomic mass is 10.1. The quantitative estimate of drug-likeness (QED) is 0.809. The van der Waals surface area contributed by atoms with Crippen LogP contribution in [-0.2, 0) is 4.74 Å². The van der Waals surface area contributed by atoms with E-state index in [1.165, 1.54) is 0 Å². The maximum atomic E-state index is 11.5. The molecule has 0 saturated heterocycles. The van der Waals surface area contributed by atoms with E-state index in [2.05, 4.69) is 29.3 Å². The second-order valence-corrected chi connectivity index (χ2v) is 5.68. The van der Waals surface area contributed by atoms with E-state index >= 15 is 0 Å². The predicted molar refractivity (Wildman–Crippen MR) is 85.1 cm³/mol. The minimum absolute atomic E-state index is 0.262. The molecule has 0 fully saturated rings. The fourth-order valence-corrected chi connectivity index (χ4v) is 1.90. The van der Waals surface area contributed by atoms with Crippen molar-refractivity contribution in [3.05, 3.63) is 48.0 Å². The summed E-state index contributed by atoms with van der Waals surface area (Å²) in [5.74, 6) is 6.03. The minimum atomic E-state index is -0.493. The molecule has 0 aromatic heterocycles. The highest BCUT2D eigenvalue weighted by molar-refractivity contribution is 5.88. The first kappa shape index (κ1) is 14.9. The number of amides is 1. The molecule has 0 saturated carbocycles. The van der Waals surface area contributed by atoms with Gasteiger partial charge in [0.2, 0.25) is 0 Å². The number of nitrogens with one attached hydrogen (secondary N) is 1. The molecule has 0 bridgehead atoms. The molecule has 21 heavy (non-hydrogen) atoms. The van der Waals surface area contributed by atoms with Gasteiger partial charge in [-0.1, -0.05) is 48.2 Å². The third kappa shape index (κ3) is 4.54. The van der Waals surface area contributed by atoms with Crippen LogP contribution in [0.1, 0.15) is 26.3 Å². The second kappa shape index (κ2) is 6.32. The maximum Gasteiger partial charge on any atom is 0.408 e.